The Morgan fingerprint density at radius 2 is 1.47 bits per heavy atom. The normalized spacial score (nSPS) is 13.1. The van der Waals surface area contributed by atoms with E-state index in [0.717, 1.165) is 5.56 Å². The van der Waals surface area contributed by atoms with Crippen LogP contribution in [0.25, 0.3) is 0 Å². The van der Waals surface area contributed by atoms with E-state index in [-0.39, 0.29) is 30.9 Å². The fourth-order valence-corrected chi connectivity index (χ4v) is 4.97. The Balaban J connectivity index is 2.36. The summed E-state index contributed by atoms with van der Waals surface area (Å²) in [5.74, 6) is -2.87. The molecular formula is C35H45N5O6S. The van der Waals surface area contributed by atoms with Gasteiger partial charge >= 0.3 is 5.97 Å². The monoisotopic (exact) mass is 663 g/mol. The molecule has 0 aliphatic rings. The zero-order valence-corrected chi connectivity index (χ0v) is 28.2. The summed E-state index contributed by atoms with van der Waals surface area (Å²) in [4.78, 5) is 58.8. The number of aliphatic imine (C=N–C) groups is 1. The maximum absolute atomic E-state index is 13.8. The molecular weight excluding hydrogens is 618 g/mol. The number of benzene rings is 2. The number of hydrogen-bond donors (Lipinski definition) is 5. The second-order valence-electron chi connectivity index (χ2n) is 12.2. The van der Waals surface area contributed by atoms with E-state index >= 15 is 0 Å². The van der Waals surface area contributed by atoms with Crippen molar-refractivity contribution in [2.24, 2.45) is 10.9 Å². The molecule has 2 rings (SSSR count). The average molecular weight is 664 g/mol. The SMILES string of the molecule is C=CCN(CC=C)[C@@H](Cc1ccc(O)cc1)C(=O)NC(C)(C)C(=O)N[C@@H](Cc1ccc(N=C=S)cc1)C(=O)N[C@@H](CC(C)C)C(=O)O. The highest BCUT2D eigenvalue weighted by Crippen LogP contribution is 2.17. The number of amides is 3. The Hall–Kier alpha value is -4.64. The maximum Gasteiger partial charge on any atom is 0.326 e. The molecule has 3 atom stereocenters. The molecule has 11 nitrogen and oxygen atoms in total. The third kappa shape index (κ3) is 12.6. The summed E-state index contributed by atoms with van der Waals surface area (Å²) >= 11 is 4.65. The summed E-state index contributed by atoms with van der Waals surface area (Å²) in [6.45, 7) is 15.1. The molecule has 0 fully saturated rings. The molecule has 252 valence electrons. The van der Waals surface area contributed by atoms with Gasteiger partial charge in [0.1, 0.15) is 23.4 Å². The quantitative estimate of drug-likeness (QED) is 0.0858. The molecule has 0 saturated carbocycles. The Morgan fingerprint density at radius 3 is 1.98 bits per heavy atom. The largest absolute Gasteiger partial charge is 0.508 e. The van der Waals surface area contributed by atoms with Crippen molar-refractivity contribution in [2.75, 3.05) is 13.1 Å². The van der Waals surface area contributed by atoms with E-state index in [9.17, 15) is 29.4 Å². The molecule has 0 bridgehead atoms. The lowest BCUT2D eigenvalue weighted by Gasteiger charge is -2.34. The number of phenols is 1. The van der Waals surface area contributed by atoms with Crippen molar-refractivity contribution in [3.05, 3.63) is 85.0 Å². The van der Waals surface area contributed by atoms with Crippen LogP contribution in [-0.4, -0.2) is 80.7 Å². The zero-order valence-electron chi connectivity index (χ0n) is 27.4. The number of rotatable bonds is 19. The fourth-order valence-electron chi connectivity index (χ4n) is 4.86. The number of phenolic OH excluding ortho intramolecular Hbond substituents is 1. The van der Waals surface area contributed by atoms with Crippen molar-refractivity contribution in [3.8, 4) is 5.75 Å². The van der Waals surface area contributed by atoms with Crippen molar-refractivity contribution >= 4 is 46.8 Å². The summed E-state index contributed by atoms with van der Waals surface area (Å²) < 4.78 is 0. The van der Waals surface area contributed by atoms with E-state index < -0.39 is 47.4 Å². The molecule has 0 aliphatic heterocycles. The van der Waals surface area contributed by atoms with Gasteiger partial charge in [0, 0.05) is 19.5 Å². The van der Waals surface area contributed by atoms with Crippen molar-refractivity contribution in [3.63, 3.8) is 0 Å². The summed E-state index contributed by atoms with van der Waals surface area (Å²) in [5.41, 5.74) is 0.532. The van der Waals surface area contributed by atoms with Gasteiger partial charge in [0.15, 0.2) is 0 Å². The van der Waals surface area contributed by atoms with Gasteiger partial charge in [-0.1, -0.05) is 50.3 Å². The molecule has 0 radical (unpaired) electrons. The van der Waals surface area contributed by atoms with Gasteiger partial charge in [-0.15, -0.1) is 13.2 Å². The van der Waals surface area contributed by atoms with Crippen LogP contribution in [0.4, 0.5) is 5.69 Å². The number of thiocarbonyl (C=S) groups is 1. The Bertz CT molecular complexity index is 1440. The number of carbonyl (C=O) groups excluding carboxylic acids is 3. The first-order chi connectivity index (χ1) is 22.2. The summed E-state index contributed by atoms with van der Waals surface area (Å²) in [5, 5.41) is 29.9. The second-order valence-corrected chi connectivity index (χ2v) is 12.3. The van der Waals surface area contributed by atoms with Crippen LogP contribution >= 0.6 is 12.2 Å². The van der Waals surface area contributed by atoms with Crippen molar-refractivity contribution in [1.82, 2.24) is 20.9 Å². The van der Waals surface area contributed by atoms with Crippen LogP contribution in [0.5, 0.6) is 5.75 Å². The lowest BCUT2D eigenvalue weighted by molar-refractivity contribution is -0.143. The number of nitrogens with zero attached hydrogens (tertiary/aromatic N) is 2. The van der Waals surface area contributed by atoms with E-state index in [0.29, 0.717) is 24.3 Å². The number of isothiocyanates is 1. The molecule has 0 heterocycles. The topological polar surface area (TPSA) is 160 Å². The predicted molar refractivity (Wildman–Crippen MR) is 186 cm³/mol. The van der Waals surface area contributed by atoms with Gasteiger partial charge in [-0.25, -0.2) is 4.79 Å². The number of aliphatic carboxylic acids is 1. The maximum atomic E-state index is 13.8. The van der Waals surface area contributed by atoms with Crippen LogP contribution < -0.4 is 16.0 Å². The summed E-state index contributed by atoms with van der Waals surface area (Å²) in [6, 6.07) is 10.2. The minimum Gasteiger partial charge on any atom is -0.508 e. The lowest BCUT2D eigenvalue weighted by atomic mass is 9.98. The number of carboxylic acid groups (broad SMARTS) is 1. The van der Waals surface area contributed by atoms with Crippen LogP contribution in [0.1, 0.15) is 45.2 Å². The first kappa shape index (κ1) is 38.5. The number of carboxylic acids is 1. The number of aromatic hydroxyl groups is 1. The van der Waals surface area contributed by atoms with Gasteiger partial charge in [0.2, 0.25) is 17.7 Å². The smallest absolute Gasteiger partial charge is 0.326 e. The van der Waals surface area contributed by atoms with Gasteiger partial charge < -0.3 is 26.2 Å². The average Bonchev–Trinajstić information content (AvgIpc) is 3.00. The minimum atomic E-state index is -1.49. The van der Waals surface area contributed by atoms with E-state index in [1.807, 2.05) is 18.7 Å². The first-order valence-electron chi connectivity index (χ1n) is 15.3. The molecule has 12 heteroatoms. The van der Waals surface area contributed by atoms with Gasteiger partial charge in [0.05, 0.1) is 16.9 Å². The Labute approximate surface area is 281 Å². The van der Waals surface area contributed by atoms with Crippen molar-refractivity contribution in [1.29, 1.82) is 0 Å². The van der Waals surface area contributed by atoms with Crippen LogP contribution in [-0.2, 0) is 32.0 Å². The van der Waals surface area contributed by atoms with Crippen LogP contribution in [0, 0.1) is 5.92 Å². The van der Waals surface area contributed by atoms with Gasteiger partial charge in [-0.3, -0.25) is 19.3 Å². The van der Waals surface area contributed by atoms with Crippen LogP contribution in [0.3, 0.4) is 0 Å². The molecule has 2 aromatic rings. The molecule has 0 aromatic heterocycles. The summed E-state index contributed by atoms with van der Waals surface area (Å²) in [7, 11) is 0. The van der Waals surface area contributed by atoms with Gasteiger partial charge in [-0.2, -0.15) is 4.99 Å². The fraction of sp³-hybridized carbons (Fsp3) is 0.400. The van der Waals surface area contributed by atoms with E-state index in [2.05, 4.69) is 51.5 Å². The zero-order chi connectivity index (χ0) is 35.1. The predicted octanol–water partition coefficient (Wildman–Crippen LogP) is 3.95. The Kier molecular flexibility index (Phi) is 15.2. The molecule has 5 N–H and O–H groups in total. The molecule has 0 spiro atoms. The third-order valence-corrected chi connectivity index (χ3v) is 7.43. The molecule has 47 heavy (non-hydrogen) atoms. The van der Waals surface area contributed by atoms with Crippen molar-refractivity contribution in [2.45, 2.75) is 70.6 Å². The van der Waals surface area contributed by atoms with Crippen LogP contribution in [0.15, 0.2) is 78.8 Å². The molecule has 0 unspecified atom stereocenters. The highest BCUT2D eigenvalue weighted by atomic mass is 32.1. The summed E-state index contributed by atoms with van der Waals surface area (Å²) in [6.07, 6.45) is 3.83. The van der Waals surface area contributed by atoms with Crippen molar-refractivity contribution < 1.29 is 29.4 Å². The first-order valence-corrected chi connectivity index (χ1v) is 15.7. The molecule has 0 aliphatic carbocycles. The minimum absolute atomic E-state index is 0.0101. The molecule has 2 aromatic carbocycles. The lowest BCUT2D eigenvalue weighted by Crippen LogP contribution is -2.62. The molecule has 3 amide bonds. The number of nitrogens with one attached hydrogen (secondary N) is 3. The third-order valence-electron chi connectivity index (χ3n) is 7.33. The highest BCUT2D eigenvalue weighted by molar-refractivity contribution is 7.78. The molecule has 0 saturated heterocycles. The Morgan fingerprint density at radius 1 is 0.915 bits per heavy atom. The van der Waals surface area contributed by atoms with Crippen LogP contribution in [0.2, 0.25) is 0 Å². The van der Waals surface area contributed by atoms with E-state index in [1.165, 1.54) is 26.0 Å². The van der Waals surface area contributed by atoms with E-state index in [1.54, 1.807) is 48.6 Å². The van der Waals surface area contributed by atoms with E-state index in [4.69, 9.17) is 0 Å². The number of hydrogen-bond acceptors (Lipinski definition) is 8. The standard InChI is InChI=1S/C35H45N5O6S/c1-7-17-40(18-8-2)30(21-25-11-15-27(41)16-12-25)32(43)39-35(5,6)34(46)38-28(20-24-9-13-26(14-10-24)36-22-47)31(42)37-29(33(44)45)19-23(3)4/h7-16,23,28-30,41H,1-2,17-21H2,3-6H3,(H,37,42)(H,38,46)(H,39,43)(H,44,45)/t28-,29-,30-/m0/s1. The van der Waals surface area contributed by atoms with Gasteiger partial charge in [0.25, 0.3) is 0 Å². The highest BCUT2D eigenvalue weighted by Gasteiger charge is 2.37. The van der Waals surface area contributed by atoms with Gasteiger partial charge in [-0.05, 0) is 80.2 Å². The second kappa shape index (κ2) is 18.5. The number of carbonyl (C=O) groups is 4.